The topological polar surface area (TPSA) is 20.3 Å². The summed E-state index contributed by atoms with van der Waals surface area (Å²) in [6.07, 6.45) is 3.41. The molecule has 0 aliphatic heterocycles. The van der Waals surface area contributed by atoms with Crippen LogP contribution in [-0.2, 0) is 4.79 Å². The minimum atomic E-state index is 0.0484. The Kier molecular flexibility index (Phi) is 6.80. The lowest BCUT2D eigenvalue weighted by Gasteiger charge is -2.25. The molecule has 0 bridgehead atoms. The molecule has 20 heavy (non-hydrogen) atoms. The van der Waals surface area contributed by atoms with Crippen LogP contribution in [0.3, 0.4) is 0 Å². The monoisotopic (exact) mass is 293 g/mol. The van der Waals surface area contributed by atoms with Crippen molar-refractivity contribution in [2.24, 2.45) is 11.8 Å². The first-order valence-corrected chi connectivity index (χ1v) is 7.49. The molecule has 0 fully saturated rings. The number of benzene rings is 1. The Bertz CT molecular complexity index is 456. The van der Waals surface area contributed by atoms with Gasteiger partial charge in [0, 0.05) is 24.2 Å². The summed E-state index contributed by atoms with van der Waals surface area (Å²) in [5, 5.41) is 0.663. The van der Waals surface area contributed by atoms with Crippen LogP contribution in [0.25, 0.3) is 6.08 Å². The van der Waals surface area contributed by atoms with Gasteiger partial charge in [-0.1, -0.05) is 57.5 Å². The van der Waals surface area contributed by atoms with E-state index in [4.69, 9.17) is 11.6 Å². The van der Waals surface area contributed by atoms with Gasteiger partial charge in [0.25, 0.3) is 0 Å². The SMILES string of the molecule is CC(C)CN(CC(C)C)C(=O)/C=C/c1ccccc1Cl. The molecule has 0 aromatic heterocycles. The van der Waals surface area contributed by atoms with Crippen LogP contribution in [0.1, 0.15) is 33.3 Å². The molecule has 1 rings (SSSR count). The largest absolute Gasteiger partial charge is 0.339 e. The predicted octanol–water partition coefficient (Wildman–Crippen LogP) is 4.49. The summed E-state index contributed by atoms with van der Waals surface area (Å²) in [5.74, 6) is 0.977. The smallest absolute Gasteiger partial charge is 0.246 e. The highest BCUT2D eigenvalue weighted by atomic mass is 35.5. The maximum atomic E-state index is 12.3. The summed E-state index contributed by atoms with van der Waals surface area (Å²) >= 11 is 6.08. The summed E-state index contributed by atoms with van der Waals surface area (Å²) in [6.45, 7) is 10.1. The summed E-state index contributed by atoms with van der Waals surface area (Å²) in [7, 11) is 0. The van der Waals surface area contributed by atoms with Crippen molar-refractivity contribution in [1.82, 2.24) is 4.90 Å². The van der Waals surface area contributed by atoms with Crippen LogP contribution in [0.5, 0.6) is 0 Å². The van der Waals surface area contributed by atoms with Crippen LogP contribution in [0.15, 0.2) is 30.3 Å². The highest BCUT2D eigenvalue weighted by Crippen LogP contribution is 2.16. The van der Waals surface area contributed by atoms with E-state index in [1.165, 1.54) is 0 Å². The second-order valence-corrected chi connectivity index (χ2v) is 6.29. The normalized spacial score (nSPS) is 11.6. The van der Waals surface area contributed by atoms with Gasteiger partial charge in [0.1, 0.15) is 0 Å². The third-order valence-electron chi connectivity index (χ3n) is 2.79. The predicted molar refractivity (Wildman–Crippen MR) is 86.7 cm³/mol. The van der Waals surface area contributed by atoms with Crippen molar-refractivity contribution in [2.45, 2.75) is 27.7 Å². The summed E-state index contributed by atoms with van der Waals surface area (Å²) in [4.78, 5) is 14.2. The molecule has 1 amide bonds. The van der Waals surface area contributed by atoms with Crippen molar-refractivity contribution in [3.05, 3.63) is 40.9 Å². The van der Waals surface area contributed by atoms with Gasteiger partial charge < -0.3 is 4.90 Å². The highest BCUT2D eigenvalue weighted by molar-refractivity contribution is 6.32. The molecular formula is C17H24ClNO. The number of hydrogen-bond donors (Lipinski definition) is 0. The van der Waals surface area contributed by atoms with E-state index in [0.29, 0.717) is 16.9 Å². The molecular weight excluding hydrogens is 270 g/mol. The molecule has 0 saturated heterocycles. The van der Waals surface area contributed by atoms with E-state index in [9.17, 15) is 4.79 Å². The molecule has 1 aromatic rings. The first-order valence-electron chi connectivity index (χ1n) is 7.11. The molecule has 0 unspecified atom stereocenters. The third-order valence-corrected chi connectivity index (χ3v) is 3.14. The Hall–Kier alpha value is -1.28. The zero-order valence-electron chi connectivity index (χ0n) is 12.8. The van der Waals surface area contributed by atoms with Crippen LogP contribution in [0.4, 0.5) is 0 Å². The minimum Gasteiger partial charge on any atom is -0.339 e. The van der Waals surface area contributed by atoms with E-state index < -0.39 is 0 Å². The van der Waals surface area contributed by atoms with Crippen molar-refractivity contribution in [3.63, 3.8) is 0 Å². The van der Waals surface area contributed by atoms with Gasteiger partial charge in [-0.2, -0.15) is 0 Å². The second kappa shape index (κ2) is 8.11. The number of nitrogens with zero attached hydrogens (tertiary/aromatic N) is 1. The van der Waals surface area contributed by atoms with Gasteiger partial charge in [0.05, 0.1) is 0 Å². The molecule has 0 spiro atoms. The Balaban J connectivity index is 2.77. The first-order chi connectivity index (χ1) is 9.40. The van der Waals surface area contributed by atoms with E-state index in [1.54, 1.807) is 12.2 Å². The van der Waals surface area contributed by atoms with Crippen LogP contribution < -0.4 is 0 Å². The lowest BCUT2D eigenvalue weighted by Crippen LogP contribution is -2.35. The zero-order valence-corrected chi connectivity index (χ0v) is 13.5. The van der Waals surface area contributed by atoms with Gasteiger partial charge in [0.2, 0.25) is 5.91 Å². The fourth-order valence-corrected chi connectivity index (χ4v) is 2.21. The Morgan fingerprint density at radius 1 is 1.15 bits per heavy atom. The van der Waals surface area contributed by atoms with Crippen LogP contribution in [-0.4, -0.2) is 23.9 Å². The van der Waals surface area contributed by atoms with Crippen molar-refractivity contribution in [1.29, 1.82) is 0 Å². The second-order valence-electron chi connectivity index (χ2n) is 5.89. The van der Waals surface area contributed by atoms with E-state index >= 15 is 0 Å². The maximum absolute atomic E-state index is 12.3. The number of carbonyl (C=O) groups excluding carboxylic acids is 1. The number of halogens is 1. The Morgan fingerprint density at radius 3 is 2.20 bits per heavy atom. The number of carbonyl (C=O) groups is 1. The lowest BCUT2D eigenvalue weighted by atomic mass is 10.1. The molecule has 0 aliphatic carbocycles. The zero-order chi connectivity index (χ0) is 15.1. The van der Waals surface area contributed by atoms with Crippen molar-refractivity contribution >= 4 is 23.6 Å². The quantitative estimate of drug-likeness (QED) is 0.708. The third kappa shape index (κ3) is 5.79. The molecule has 2 nitrogen and oxygen atoms in total. The van der Waals surface area contributed by atoms with Crippen molar-refractivity contribution < 1.29 is 4.79 Å². The Labute approximate surface area is 127 Å². The molecule has 0 saturated carbocycles. The number of amides is 1. The molecule has 110 valence electrons. The number of rotatable bonds is 6. The molecule has 1 aromatic carbocycles. The Morgan fingerprint density at radius 2 is 1.70 bits per heavy atom. The fourth-order valence-electron chi connectivity index (χ4n) is 2.01. The maximum Gasteiger partial charge on any atom is 0.246 e. The molecule has 0 aliphatic rings. The summed E-state index contributed by atoms with van der Waals surface area (Å²) in [5.41, 5.74) is 0.872. The van der Waals surface area contributed by atoms with Crippen LogP contribution in [0.2, 0.25) is 5.02 Å². The van der Waals surface area contributed by atoms with Crippen LogP contribution >= 0.6 is 11.6 Å². The van der Waals surface area contributed by atoms with Gasteiger partial charge in [-0.05, 0) is 29.5 Å². The summed E-state index contributed by atoms with van der Waals surface area (Å²) < 4.78 is 0. The molecule has 0 heterocycles. The average molecular weight is 294 g/mol. The van der Waals surface area contributed by atoms with E-state index in [-0.39, 0.29) is 5.91 Å². The van der Waals surface area contributed by atoms with Gasteiger partial charge >= 0.3 is 0 Å². The van der Waals surface area contributed by atoms with Gasteiger partial charge in [-0.15, -0.1) is 0 Å². The van der Waals surface area contributed by atoms with Crippen molar-refractivity contribution in [3.8, 4) is 0 Å². The lowest BCUT2D eigenvalue weighted by molar-refractivity contribution is -0.127. The standard InChI is InChI=1S/C17H24ClNO/c1-13(2)11-19(12-14(3)4)17(20)10-9-15-7-5-6-8-16(15)18/h5-10,13-14H,11-12H2,1-4H3/b10-9+. The molecule has 0 N–H and O–H groups in total. The minimum absolute atomic E-state index is 0.0484. The fraction of sp³-hybridized carbons (Fsp3) is 0.471. The van der Waals surface area contributed by atoms with Gasteiger partial charge in [0.15, 0.2) is 0 Å². The van der Waals surface area contributed by atoms with E-state index in [2.05, 4.69) is 27.7 Å². The van der Waals surface area contributed by atoms with E-state index in [1.807, 2.05) is 29.2 Å². The van der Waals surface area contributed by atoms with Crippen LogP contribution in [0, 0.1) is 11.8 Å². The van der Waals surface area contributed by atoms with Gasteiger partial charge in [-0.25, -0.2) is 0 Å². The van der Waals surface area contributed by atoms with Crippen molar-refractivity contribution in [2.75, 3.05) is 13.1 Å². The van der Waals surface area contributed by atoms with E-state index in [0.717, 1.165) is 18.7 Å². The number of hydrogen-bond acceptors (Lipinski definition) is 1. The average Bonchev–Trinajstić information content (AvgIpc) is 2.35. The molecule has 0 radical (unpaired) electrons. The molecule has 0 atom stereocenters. The highest BCUT2D eigenvalue weighted by Gasteiger charge is 2.13. The summed E-state index contributed by atoms with van der Waals surface area (Å²) in [6, 6.07) is 7.52. The molecule has 3 heteroatoms. The first kappa shape index (κ1) is 16.8. The van der Waals surface area contributed by atoms with Gasteiger partial charge in [-0.3, -0.25) is 4.79 Å².